The number of amides is 1. The molecule has 9 nitrogen and oxygen atoms in total. The van der Waals surface area contributed by atoms with Gasteiger partial charge in [-0.05, 0) is 17.2 Å². The van der Waals surface area contributed by atoms with Gasteiger partial charge in [-0.15, -0.1) is 0 Å². The fraction of sp³-hybridized carbons (Fsp3) is 0.286. The number of hydrogen-bond acceptors (Lipinski definition) is 8. The van der Waals surface area contributed by atoms with E-state index in [1.807, 2.05) is 37.3 Å². The molecule has 3 rings (SSSR count). The molecule has 1 aromatic heterocycles. The van der Waals surface area contributed by atoms with Crippen LogP contribution < -0.4 is 19.5 Å². The molecule has 0 spiro atoms. The van der Waals surface area contributed by atoms with Crippen molar-refractivity contribution in [1.82, 2.24) is 10.3 Å². The Morgan fingerprint density at radius 3 is 2.37 bits per heavy atom. The van der Waals surface area contributed by atoms with Crippen molar-refractivity contribution in [1.29, 1.82) is 0 Å². The van der Waals surface area contributed by atoms with Gasteiger partial charge in [-0.1, -0.05) is 43.3 Å². The summed E-state index contributed by atoms with van der Waals surface area (Å²) >= 11 is 0. The molecule has 200 valence electrons. The van der Waals surface area contributed by atoms with Gasteiger partial charge in [-0.2, -0.15) is 0 Å². The lowest BCUT2D eigenvalue weighted by molar-refractivity contribution is -0.148. The van der Waals surface area contributed by atoms with E-state index in [0.29, 0.717) is 11.3 Å². The molecule has 1 amide bonds. The van der Waals surface area contributed by atoms with Crippen molar-refractivity contribution in [3.8, 4) is 17.2 Å². The SMILES string of the molecule is COc1cc(F)ccc1CC(OC(=O)CNC(=O)c1nccc(OC)c1OC(C)=O)C(C)c1ccccc1. The molecule has 2 aromatic carbocycles. The van der Waals surface area contributed by atoms with Crippen molar-refractivity contribution >= 4 is 17.8 Å². The normalized spacial score (nSPS) is 12.1. The van der Waals surface area contributed by atoms with Gasteiger partial charge < -0.3 is 24.3 Å². The van der Waals surface area contributed by atoms with Gasteiger partial charge in [0.1, 0.15) is 24.2 Å². The highest BCUT2D eigenvalue weighted by atomic mass is 19.1. The van der Waals surface area contributed by atoms with Crippen LogP contribution in [0.25, 0.3) is 0 Å². The lowest BCUT2D eigenvalue weighted by Gasteiger charge is -2.25. The van der Waals surface area contributed by atoms with Gasteiger partial charge in [0.05, 0.1) is 14.2 Å². The van der Waals surface area contributed by atoms with Crippen LogP contribution in [0.4, 0.5) is 4.39 Å². The third-order valence-electron chi connectivity index (χ3n) is 5.78. The molecule has 0 aliphatic carbocycles. The lowest BCUT2D eigenvalue weighted by atomic mass is 9.90. The van der Waals surface area contributed by atoms with Crippen LogP contribution in [0.5, 0.6) is 17.2 Å². The van der Waals surface area contributed by atoms with Crippen molar-refractivity contribution < 1.29 is 37.7 Å². The minimum atomic E-state index is -0.759. The van der Waals surface area contributed by atoms with E-state index in [0.717, 1.165) is 5.56 Å². The number of methoxy groups -OCH3 is 2. The zero-order valence-corrected chi connectivity index (χ0v) is 21.5. The summed E-state index contributed by atoms with van der Waals surface area (Å²) in [5.41, 5.74) is 1.37. The molecule has 0 aliphatic rings. The second-order valence-electron chi connectivity index (χ2n) is 8.36. The molecule has 0 saturated carbocycles. The summed E-state index contributed by atoms with van der Waals surface area (Å²) in [4.78, 5) is 41.1. The Bertz CT molecular complexity index is 1280. The number of nitrogens with one attached hydrogen (secondary N) is 1. The van der Waals surface area contributed by atoms with Crippen LogP contribution in [-0.2, 0) is 20.7 Å². The average molecular weight is 525 g/mol. The molecule has 1 N–H and O–H groups in total. The number of aromatic nitrogens is 1. The van der Waals surface area contributed by atoms with Gasteiger partial charge in [-0.25, -0.2) is 9.37 Å². The maximum Gasteiger partial charge on any atom is 0.325 e. The van der Waals surface area contributed by atoms with Crippen LogP contribution in [0.1, 0.15) is 41.4 Å². The summed E-state index contributed by atoms with van der Waals surface area (Å²) in [6, 6.07) is 15.1. The van der Waals surface area contributed by atoms with Crippen molar-refractivity contribution in [3.05, 3.63) is 83.4 Å². The van der Waals surface area contributed by atoms with Crippen molar-refractivity contribution in [3.63, 3.8) is 0 Å². The molecule has 0 bridgehead atoms. The Morgan fingerprint density at radius 1 is 1.00 bits per heavy atom. The topological polar surface area (TPSA) is 113 Å². The van der Waals surface area contributed by atoms with E-state index >= 15 is 0 Å². The van der Waals surface area contributed by atoms with Crippen LogP contribution in [0.3, 0.4) is 0 Å². The number of carbonyl (C=O) groups is 3. The quantitative estimate of drug-likeness (QED) is 0.377. The van der Waals surface area contributed by atoms with E-state index < -0.39 is 36.3 Å². The fourth-order valence-electron chi connectivity index (χ4n) is 3.84. The first-order chi connectivity index (χ1) is 18.2. The number of esters is 2. The molecule has 2 unspecified atom stereocenters. The zero-order valence-electron chi connectivity index (χ0n) is 21.5. The van der Waals surface area contributed by atoms with E-state index in [4.69, 9.17) is 18.9 Å². The molecule has 1 heterocycles. The number of rotatable bonds is 11. The molecule has 0 fully saturated rings. The largest absolute Gasteiger partial charge is 0.496 e. The molecule has 10 heteroatoms. The van der Waals surface area contributed by atoms with Gasteiger partial charge in [0.15, 0.2) is 11.4 Å². The van der Waals surface area contributed by atoms with Crippen LogP contribution in [-0.4, -0.2) is 49.7 Å². The van der Waals surface area contributed by atoms with Crippen LogP contribution in [0.2, 0.25) is 0 Å². The minimum absolute atomic E-state index is 0.132. The number of ether oxygens (including phenoxy) is 4. The van der Waals surface area contributed by atoms with Crippen LogP contribution in [0.15, 0.2) is 60.8 Å². The maximum atomic E-state index is 13.7. The van der Waals surface area contributed by atoms with Crippen LogP contribution in [0, 0.1) is 5.82 Å². The Labute approximate surface area is 219 Å². The first kappa shape index (κ1) is 28.1. The highest BCUT2D eigenvalue weighted by molar-refractivity contribution is 5.98. The Hall–Kier alpha value is -4.47. The van der Waals surface area contributed by atoms with Gasteiger partial charge in [0, 0.05) is 37.6 Å². The van der Waals surface area contributed by atoms with E-state index in [9.17, 15) is 18.8 Å². The smallest absolute Gasteiger partial charge is 0.325 e. The summed E-state index contributed by atoms with van der Waals surface area (Å²) in [6.07, 6.45) is 0.896. The van der Waals surface area contributed by atoms with E-state index in [-0.39, 0.29) is 29.5 Å². The van der Waals surface area contributed by atoms with Crippen molar-refractivity contribution in [2.45, 2.75) is 32.3 Å². The predicted molar refractivity (Wildman–Crippen MR) is 136 cm³/mol. The molecular weight excluding hydrogens is 495 g/mol. The molecule has 3 aromatic rings. The molecular formula is C28H29FN2O7. The standard InChI is InChI=1S/C28H29FN2O7/c1-17(19-8-6-5-7-9-19)23(14-20-10-11-21(29)15-24(20)36-4)38-25(33)16-31-28(34)26-27(37-18(2)32)22(35-3)12-13-30-26/h5-13,15,17,23H,14,16H2,1-4H3,(H,31,34). The first-order valence-electron chi connectivity index (χ1n) is 11.8. The van der Waals surface area contributed by atoms with Gasteiger partial charge >= 0.3 is 11.9 Å². The van der Waals surface area contributed by atoms with Gasteiger partial charge in [0.2, 0.25) is 5.75 Å². The molecule has 38 heavy (non-hydrogen) atoms. The second kappa shape index (κ2) is 13.2. The minimum Gasteiger partial charge on any atom is -0.496 e. The monoisotopic (exact) mass is 524 g/mol. The number of nitrogens with zero attached hydrogens (tertiary/aromatic N) is 1. The van der Waals surface area contributed by atoms with E-state index in [1.54, 1.807) is 6.07 Å². The number of benzene rings is 2. The molecule has 0 saturated heterocycles. The Balaban J connectivity index is 1.77. The number of pyridine rings is 1. The number of hydrogen-bond donors (Lipinski definition) is 1. The second-order valence-corrected chi connectivity index (χ2v) is 8.36. The third kappa shape index (κ3) is 7.28. The third-order valence-corrected chi connectivity index (χ3v) is 5.78. The summed E-state index contributed by atoms with van der Waals surface area (Å²) < 4.78 is 35.1. The fourth-order valence-corrected chi connectivity index (χ4v) is 3.84. The molecule has 2 atom stereocenters. The summed E-state index contributed by atoms with van der Waals surface area (Å²) in [5.74, 6) is -2.51. The highest BCUT2D eigenvalue weighted by Crippen LogP contribution is 2.30. The zero-order chi connectivity index (χ0) is 27.7. The van der Waals surface area contributed by atoms with E-state index in [2.05, 4.69) is 10.3 Å². The van der Waals surface area contributed by atoms with Crippen molar-refractivity contribution in [2.24, 2.45) is 0 Å². The average Bonchev–Trinajstić information content (AvgIpc) is 2.92. The first-order valence-corrected chi connectivity index (χ1v) is 11.8. The lowest BCUT2D eigenvalue weighted by Crippen LogP contribution is -2.35. The molecule has 0 aliphatic heterocycles. The van der Waals surface area contributed by atoms with Gasteiger partial charge in [-0.3, -0.25) is 14.4 Å². The summed E-state index contributed by atoms with van der Waals surface area (Å²) in [6.45, 7) is 2.61. The van der Waals surface area contributed by atoms with Gasteiger partial charge in [0.25, 0.3) is 5.91 Å². The highest BCUT2D eigenvalue weighted by Gasteiger charge is 2.26. The maximum absolute atomic E-state index is 13.7. The summed E-state index contributed by atoms with van der Waals surface area (Å²) in [7, 11) is 2.79. The Kier molecular flexibility index (Phi) is 9.75. The predicted octanol–water partition coefficient (Wildman–Crippen LogP) is 3.85. The number of halogens is 1. The van der Waals surface area contributed by atoms with Crippen LogP contribution >= 0.6 is 0 Å². The molecule has 0 radical (unpaired) electrons. The Morgan fingerprint density at radius 2 is 1.71 bits per heavy atom. The van der Waals surface area contributed by atoms with E-state index in [1.165, 1.54) is 45.5 Å². The number of carbonyl (C=O) groups excluding carboxylic acids is 3. The summed E-state index contributed by atoms with van der Waals surface area (Å²) in [5, 5.41) is 2.44. The van der Waals surface area contributed by atoms with Crippen molar-refractivity contribution in [2.75, 3.05) is 20.8 Å².